The highest BCUT2D eigenvalue weighted by atomic mass is 35.5. The summed E-state index contributed by atoms with van der Waals surface area (Å²) < 4.78 is 10.7. The van der Waals surface area contributed by atoms with E-state index in [1.807, 2.05) is 30.3 Å². The first-order chi connectivity index (χ1) is 14.4. The molecular formula is C23H19Cl2NO4. The molecular weight excluding hydrogens is 425 g/mol. The predicted octanol–water partition coefficient (Wildman–Crippen LogP) is 4.85. The summed E-state index contributed by atoms with van der Waals surface area (Å²) in [5.74, 6) is -1.30. The summed E-state index contributed by atoms with van der Waals surface area (Å²) in [6.45, 7) is 0. The number of ketones is 1. The topological polar surface area (TPSA) is 78.6 Å². The Morgan fingerprint density at radius 3 is 2.53 bits per heavy atom. The third-order valence-electron chi connectivity index (χ3n) is 5.51. The molecule has 0 fully saturated rings. The van der Waals surface area contributed by atoms with Crippen LogP contribution in [0.1, 0.15) is 35.8 Å². The lowest BCUT2D eigenvalue weighted by molar-refractivity contribution is -0.136. The lowest BCUT2D eigenvalue weighted by Crippen LogP contribution is -2.33. The van der Waals surface area contributed by atoms with Gasteiger partial charge in [-0.2, -0.15) is 0 Å². The van der Waals surface area contributed by atoms with Gasteiger partial charge in [-0.25, -0.2) is 4.79 Å². The molecule has 0 bridgehead atoms. The Morgan fingerprint density at radius 1 is 1.10 bits per heavy atom. The van der Waals surface area contributed by atoms with Gasteiger partial charge in [-0.3, -0.25) is 4.79 Å². The Bertz CT molecular complexity index is 1090. The van der Waals surface area contributed by atoms with Crippen LogP contribution in [0.2, 0.25) is 10.0 Å². The molecule has 154 valence electrons. The van der Waals surface area contributed by atoms with Gasteiger partial charge in [0.1, 0.15) is 11.3 Å². The van der Waals surface area contributed by atoms with E-state index in [0.717, 1.165) is 5.56 Å². The molecule has 2 N–H and O–H groups in total. The molecule has 2 aromatic carbocycles. The molecule has 2 unspecified atom stereocenters. The number of benzene rings is 2. The van der Waals surface area contributed by atoms with E-state index < -0.39 is 11.9 Å². The van der Waals surface area contributed by atoms with Gasteiger partial charge < -0.3 is 15.2 Å². The maximum atomic E-state index is 13.3. The molecule has 2 aliphatic rings. The average Bonchev–Trinajstić information content (AvgIpc) is 2.74. The van der Waals surface area contributed by atoms with Crippen molar-refractivity contribution < 1.29 is 19.1 Å². The van der Waals surface area contributed by atoms with E-state index in [1.165, 1.54) is 7.11 Å². The van der Waals surface area contributed by atoms with Gasteiger partial charge in [-0.1, -0.05) is 65.7 Å². The largest absolute Gasteiger partial charge is 0.465 e. The Kier molecular flexibility index (Phi) is 5.58. The second kappa shape index (κ2) is 8.17. The number of hydrogen-bond donors (Lipinski definition) is 1. The maximum absolute atomic E-state index is 13.3. The van der Waals surface area contributed by atoms with Crippen molar-refractivity contribution in [2.45, 2.75) is 24.7 Å². The van der Waals surface area contributed by atoms with Gasteiger partial charge in [0, 0.05) is 18.4 Å². The minimum absolute atomic E-state index is 0.0413. The Labute approximate surface area is 184 Å². The van der Waals surface area contributed by atoms with E-state index >= 15 is 0 Å². The molecule has 7 heteroatoms. The number of carbonyl (C=O) groups is 2. The van der Waals surface area contributed by atoms with Gasteiger partial charge in [-0.15, -0.1) is 0 Å². The molecule has 0 saturated heterocycles. The zero-order chi connectivity index (χ0) is 21.4. The summed E-state index contributed by atoms with van der Waals surface area (Å²) in [5.41, 5.74) is 8.12. The summed E-state index contributed by atoms with van der Waals surface area (Å²) in [4.78, 5) is 25.9. The summed E-state index contributed by atoms with van der Waals surface area (Å²) in [7, 11) is 1.25. The average molecular weight is 444 g/mol. The van der Waals surface area contributed by atoms with Crippen LogP contribution in [0, 0.1) is 0 Å². The Hall–Kier alpha value is -2.76. The summed E-state index contributed by atoms with van der Waals surface area (Å²) >= 11 is 12.7. The van der Waals surface area contributed by atoms with Crippen molar-refractivity contribution in [2.24, 2.45) is 5.73 Å². The molecule has 2 atom stereocenters. The van der Waals surface area contributed by atoms with E-state index in [0.29, 0.717) is 28.3 Å². The molecule has 0 aromatic heterocycles. The van der Waals surface area contributed by atoms with E-state index in [4.69, 9.17) is 38.4 Å². The number of esters is 1. The predicted molar refractivity (Wildman–Crippen MR) is 114 cm³/mol. The van der Waals surface area contributed by atoms with Crippen molar-refractivity contribution in [3.63, 3.8) is 0 Å². The van der Waals surface area contributed by atoms with Crippen molar-refractivity contribution in [2.75, 3.05) is 7.11 Å². The van der Waals surface area contributed by atoms with Crippen molar-refractivity contribution in [3.05, 3.63) is 92.5 Å². The first kappa shape index (κ1) is 20.5. The Morgan fingerprint density at radius 2 is 1.83 bits per heavy atom. The van der Waals surface area contributed by atoms with Crippen LogP contribution in [0.5, 0.6) is 0 Å². The number of methoxy groups -OCH3 is 1. The standard InChI is InChI=1S/C23H19Cl2NO4/c1-29-23(28)20-18(14-8-5-9-15(24)21(14)25)19-16(27)10-13(11-17(19)30-22(20)26)12-6-3-2-4-7-12/h2-9,13,18H,10-11,26H2,1H3. The van der Waals surface area contributed by atoms with Gasteiger partial charge in [-0.05, 0) is 23.1 Å². The SMILES string of the molecule is COC(=O)C1=C(N)OC2=C(C(=O)CC(c3ccccc3)C2)C1c1cccc(Cl)c1Cl. The quantitative estimate of drug-likeness (QED) is 0.685. The fourth-order valence-electron chi connectivity index (χ4n) is 4.13. The fourth-order valence-corrected chi connectivity index (χ4v) is 4.55. The smallest absolute Gasteiger partial charge is 0.340 e. The highest BCUT2D eigenvalue weighted by Gasteiger charge is 2.44. The highest BCUT2D eigenvalue weighted by molar-refractivity contribution is 6.42. The van der Waals surface area contributed by atoms with Crippen LogP contribution < -0.4 is 5.73 Å². The zero-order valence-corrected chi connectivity index (χ0v) is 17.7. The van der Waals surface area contributed by atoms with Crippen molar-refractivity contribution in [1.82, 2.24) is 0 Å². The minimum Gasteiger partial charge on any atom is -0.465 e. The van der Waals surface area contributed by atoms with Crippen LogP contribution in [0.4, 0.5) is 0 Å². The number of halogens is 2. The number of Topliss-reactive ketones (excluding diaryl/α,β-unsaturated/α-hetero) is 1. The first-order valence-corrected chi connectivity index (χ1v) is 10.2. The molecule has 1 aliphatic heterocycles. The fraction of sp³-hybridized carbons (Fsp3) is 0.217. The van der Waals surface area contributed by atoms with Gasteiger partial charge in [0.15, 0.2) is 5.78 Å². The van der Waals surface area contributed by atoms with Gasteiger partial charge in [0.2, 0.25) is 5.88 Å². The van der Waals surface area contributed by atoms with Crippen molar-refractivity contribution >= 4 is 35.0 Å². The van der Waals surface area contributed by atoms with Crippen LogP contribution in [-0.2, 0) is 19.1 Å². The summed E-state index contributed by atoms with van der Waals surface area (Å²) in [6, 6.07) is 14.8. The van der Waals surface area contributed by atoms with Crippen LogP contribution >= 0.6 is 23.2 Å². The third kappa shape index (κ3) is 3.48. The number of allylic oxidation sites excluding steroid dienone is 2. The second-order valence-electron chi connectivity index (χ2n) is 7.22. The van der Waals surface area contributed by atoms with Crippen molar-refractivity contribution in [3.8, 4) is 0 Å². The van der Waals surface area contributed by atoms with Gasteiger partial charge >= 0.3 is 5.97 Å². The van der Waals surface area contributed by atoms with E-state index in [9.17, 15) is 9.59 Å². The van der Waals surface area contributed by atoms with Gasteiger partial charge in [0.05, 0.1) is 23.1 Å². The van der Waals surface area contributed by atoms with Gasteiger partial charge in [0.25, 0.3) is 0 Å². The van der Waals surface area contributed by atoms with Crippen LogP contribution in [0.15, 0.2) is 71.3 Å². The molecule has 2 aromatic rings. The molecule has 0 amide bonds. The van der Waals surface area contributed by atoms with E-state index in [1.54, 1.807) is 18.2 Å². The summed E-state index contributed by atoms with van der Waals surface area (Å²) in [6.07, 6.45) is 0.768. The minimum atomic E-state index is -0.809. The first-order valence-electron chi connectivity index (χ1n) is 9.43. The van der Waals surface area contributed by atoms with Crippen LogP contribution in [0.3, 0.4) is 0 Å². The molecule has 1 heterocycles. The number of carbonyl (C=O) groups excluding carboxylic acids is 2. The lowest BCUT2D eigenvalue weighted by Gasteiger charge is -2.35. The van der Waals surface area contributed by atoms with E-state index in [-0.39, 0.29) is 34.6 Å². The Balaban J connectivity index is 1.86. The maximum Gasteiger partial charge on any atom is 0.340 e. The molecule has 0 saturated carbocycles. The molecule has 5 nitrogen and oxygen atoms in total. The molecule has 1 aliphatic carbocycles. The second-order valence-corrected chi connectivity index (χ2v) is 8.01. The van der Waals surface area contributed by atoms with Crippen LogP contribution in [0.25, 0.3) is 0 Å². The zero-order valence-electron chi connectivity index (χ0n) is 16.2. The monoisotopic (exact) mass is 443 g/mol. The van der Waals surface area contributed by atoms with Crippen molar-refractivity contribution in [1.29, 1.82) is 0 Å². The molecule has 0 spiro atoms. The summed E-state index contributed by atoms with van der Waals surface area (Å²) in [5, 5.41) is 0.570. The number of ether oxygens (including phenoxy) is 2. The number of nitrogens with two attached hydrogens (primary N) is 1. The normalized spacial score (nSPS) is 21.2. The third-order valence-corrected chi connectivity index (χ3v) is 6.34. The number of rotatable bonds is 3. The number of hydrogen-bond acceptors (Lipinski definition) is 5. The van der Waals surface area contributed by atoms with Crippen LogP contribution in [-0.4, -0.2) is 18.9 Å². The molecule has 30 heavy (non-hydrogen) atoms. The van der Waals surface area contributed by atoms with E-state index in [2.05, 4.69) is 0 Å². The molecule has 4 rings (SSSR count). The molecule has 0 radical (unpaired) electrons. The highest BCUT2D eigenvalue weighted by Crippen LogP contribution is 2.49. The lowest BCUT2D eigenvalue weighted by atomic mass is 9.73.